The lowest BCUT2D eigenvalue weighted by molar-refractivity contribution is 0.140. The molecule has 1 saturated heterocycles. The van der Waals surface area contributed by atoms with Crippen molar-refractivity contribution in [1.29, 1.82) is 0 Å². The molecule has 0 radical (unpaired) electrons. The van der Waals surface area contributed by atoms with E-state index < -0.39 is 0 Å². The molecule has 4 heteroatoms. The molecule has 0 aromatic heterocycles. The van der Waals surface area contributed by atoms with Gasteiger partial charge < -0.3 is 15.2 Å². The van der Waals surface area contributed by atoms with Gasteiger partial charge in [-0.1, -0.05) is 15.9 Å². The normalized spacial score (nSPS) is 21.0. The Hall–Kier alpha value is -0.580. The largest absolute Gasteiger partial charge is 0.487 e. The minimum atomic E-state index is 0.126. The van der Waals surface area contributed by atoms with Gasteiger partial charge in [-0.3, -0.25) is 0 Å². The van der Waals surface area contributed by atoms with Crippen LogP contribution in [0.4, 0.5) is 0 Å². The molecule has 0 bridgehead atoms. The van der Waals surface area contributed by atoms with Gasteiger partial charge in [0.05, 0.1) is 13.2 Å². The van der Waals surface area contributed by atoms with Crippen LogP contribution >= 0.6 is 15.9 Å². The standard InChI is InChI=1S/C14H20BrNO2/c1-9-5-12(15)7-11(6-10(2)16)14(9)18-13-3-4-17-8-13/h5,7,10,13H,3-4,6,8,16H2,1-2H3. The van der Waals surface area contributed by atoms with Crippen molar-refractivity contribution in [3.63, 3.8) is 0 Å². The molecule has 100 valence electrons. The third-order valence-corrected chi connectivity index (χ3v) is 3.49. The Morgan fingerprint density at radius 2 is 2.33 bits per heavy atom. The molecular formula is C14H20BrNO2. The van der Waals surface area contributed by atoms with E-state index in [1.165, 1.54) is 5.56 Å². The SMILES string of the molecule is Cc1cc(Br)cc(CC(C)N)c1OC1CCOC1. The summed E-state index contributed by atoms with van der Waals surface area (Å²) < 4.78 is 12.5. The molecule has 0 saturated carbocycles. The summed E-state index contributed by atoms with van der Waals surface area (Å²) >= 11 is 3.53. The van der Waals surface area contributed by atoms with Gasteiger partial charge in [0, 0.05) is 16.9 Å². The van der Waals surface area contributed by atoms with Gasteiger partial charge in [0.15, 0.2) is 0 Å². The van der Waals surface area contributed by atoms with Gasteiger partial charge in [-0.05, 0) is 43.5 Å². The molecule has 2 N–H and O–H groups in total. The van der Waals surface area contributed by atoms with Crippen LogP contribution in [0.3, 0.4) is 0 Å². The van der Waals surface area contributed by atoms with Crippen molar-refractivity contribution in [2.45, 2.75) is 38.8 Å². The van der Waals surface area contributed by atoms with Crippen molar-refractivity contribution >= 4 is 15.9 Å². The molecule has 1 aliphatic heterocycles. The highest BCUT2D eigenvalue weighted by Crippen LogP contribution is 2.30. The van der Waals surface area contributed by atoms with E-state index in [1.807, 2.05) is 6.92 Å². The minimum absolute atomic E-state index is 0.126. The molecule has 1 aromatic carbocycles. The zero-order valence-electron chi connectivity index (χ0n) is 10.9. The maximum absolute atomic E-state index is 6.09. The van der Waals surface area contributed by atoms with Crippen LogP contribution in [0.1, 0.15) is 24.5 Å². The summed E-state index contributed by atoms with van der Waals surface area (Å²) in [5.41, 5.74) is 8.22. The Labute approximate surface area is 117 Å². The van der Waals surface area contributed by atoms with Gasteiger partial charge in [0.25, 0.3) is 0 Å². The van der Waals surface area contributed by atoms with E-state index >= 15 is 0 Å². The summed E-state index contributed by atoms with van der Waals surface area (Å²) in [6, 6.07) is 4.30. The molecule has 2 atom stereocenters. The predicted molar refractivity (Wildman–Crippen MR) is 76.1 cm³/mol. The summed E-state index contributed by atoms with van der Waals surface area (Å²) in [5.74, 6) is 0.978. The lowest BCUT2D eigenvalue weighted by Gasteiger charge is -2.19. The molecule has 0 amide bonds. The molecule has 1 fully saturated rings. The van der Waals surface area contributed by atoms with Crippen LogP contribution in [0, 0.1) is 6.92 Å². The lowest BCUT2D eigenvalue weighted by Crippen LogP contribution is -2.21. The van der Waals surface area contributed by atoms with Gasteiger partial charge >= 0.3 is 0 Å². The van der Waals surface area contributed by atoms with E-state index in [9.17, 15) is 0 Å². The van der Waals surface area contributed by atoms with Crippen LogP contribution in [-0.2, 0) is 11.2 Å². The van der Waals surface area contributed by atoms with Crippen molar-refractivity contribution in [3.8, 4) is 5.75 Å². The number of rotatable bonds is 4. The first-order valence-electron chi connectivity index (χ1n) is 6.35. The molecule has 18 heavy (non-hydrogen) atoms. The van der Waals surface area contributed by atoms with E-state index in [4.69, 9.17) is 15.2 Å². The fourth-order valence-electron chi connectivity index (χ4n) is 2.24. The molecule has 1 aliphatic rings. The van der Waals surface area contributed by atoms with Gasteiger partial charge in [-0.25, -0.2) is 0 Å². The van der Waals surface area contributed by atoms with E-state index in [0.29, 0.717) is 6.61 Å². The number of nitrogens with two attached hydrogens (primary N) is 1. The number of benzene rings is 1. The summed E-state index contributed by atoms with van der Waals surface area (Å²) in [4.78, 5) is 0. The third-order valence-electron chi connectivity index (χ3n) is 3.03. The Bertz CT molecular complexity index is 415. The summed E-state index contributed by atoms with van der Waals surface area (Å²) in [6.45, 7) is 5.56. The van der Waals surface area contributed by atoms with E-state index in [2.05, 4.69) is 35.0 Å². The van der Waals surface area contributed by atoms with Gasteiger partial charge in [0.2, 0.25) is 0 Å². The number of hydrogen-bond acceptors (Lipinski definition) is 3. The van der Waals surface area contributed by atoms with Crippen molar-refractivity contribution in [3.05, 3.63) is 27.7 Å². The number of aryl methyl sites for hydroxylation is 1. The zero-order valence-corrected chi connectivity index (χ0v) is 12.5. The van der Waals surface area contributed by atoms with Crippen LogP contribution in [-0.4, -0.2) is 25.4 Å². The van der Waals surface area contributed by atoms with Gasteiger partial charge in [-0.2, -0.15) is 0 Å². The highest BCUT2D eigenvalue weighted by Gasteiger charge is 2.20. The monoisotopic (exact) mass is 313 g/mol. The second-order valence-electron chi connectivity index (χ2n) is 5.00. The number of ether oxygens (including phenoxy) is 2. The summed E-state index contributed by atoms with van der Waals surface area (Å²) in [6.07, 6.45) is 1.97. The second kappa shape index (κ2) is 6.04. The van der Waals surface area contributed by atoms with Crippen LogP contribution < -0.4 is 10.5 Å². The maximum atomic E-state index is 6.09. The summed E-state index contributed by atoms with van der Waals surface area (Å²) in [7, 11) is 0. The molecule has 1 heterocycles. The first-order valence-corrected chi connectivity index (χ1v) is 7.14. The van der Waals surface area contributed by atoms with Crippen molar-refractivity contribution < 1.29 is 9.47 Å². The Morgan fingerprint density at radius 1 is 1.56 bits per heavy atom. The van der Waals surface area contributed by atoms with E-state index in [0.717, 1.165) is 35.2 Å². The van der Waals surface area contributed by atoms with Crippen LogP contribution in [0.15, 0.2) is 16.6 Å². The number of hydrogen-bond donors (Lipinski definition) is 1. The fourth-order valence-corrected chi connectivity index (χ4v) is 2.86. The highest BCUT2D eigenvalue weighted by atomic mass is 79.9. The van der Waals surface area contributed by atoms with Crippen LogP contribution in [0.2, 0.25) is 0 Å². The summed E-state index contributed by atoms with van der Waals surface area (Å²) in [5, 5.41) is 0. The molecule has 0 spiro atoms. The lowest BCUT2D eigenvalue weighted by atomic mass is 10.0. The van der Waals surface area contributed by atoms with Crippen LogP contribution in [0.25, 0.3) is 0 Å². The topological polar surface area (TPSA) is 44.5 Å². The van der Waals surface area contributed by atoms with Crippen LogP contribution in [0.5, 0.6) is 5.75 Å². The molecule has 0 aliphatic carbocycles. The van der Waals surface area contributed by atoms with Crippen molar-refractivity contribution in [2.75, 3.05) is 13.2 Å². The zero-order chi connectivity index (χ0) is 13.1. The first kappa shape index (κ1) is 13.8. The van der Waals surface area contributed by atoms with Crippen molar-refractivity contribution in [1.82, 2.24) is 0 Å². The van der Waals surface area contributed by atoms with E-state index in [-0.39, 0.29) is 12.1 Å². The second-order valence-corrected chi connectivity index (χ2v) is 5.91. The molecule has 1 aromatic rings. The van der Waals surface area contributed by atoms with Gasteiger partial charge in [0.1, 0.15) is 11.9 Å². The Kier molecular flexibility index (Phi) is 4.65. The molecule has 3 nitrogen and oxygen atoms in total. The average Bonchev–Trinajstić information content (AvgIpc) is 2.74. The first-order chi connectivity index (χ1) is 8.56. The van der Waals surface area contributed by atoms with Gasteiger partial charge in [-0.15, -0.1) is 0 Å². The predicted octanol–water partition coefficient (Wildman–Crippen LogP) is 2.81. The highest BCUT2D eigenvalue weighted by molar-refractivity contribution is 9.10. The quantitative estimate of drug-likeness (QED) is 0.929. The average molecular weight is 314 g/mol. The Morgan fingerprint density at radius 3 is 2.94 bits per heavy atom. The smallest absolute Gasteiger partial charge is 0.126 e. The maximum Gasteiger partial charge on any atom is 0.126 e. The minimum Gasteiger partial charge on any atom is -0.487 e. The molecule has 2 unspecified atom stereocenters. The number of halogens is 1. The van der Waals surface area contributed by atoms with E-state index in [1.54, 1.807) is 0 Å². The molecular weight excluding hydrogens is 294 g/mol. The fraction of sp³-hybridized carbons (Fsp3) is 0.571. The molecule has 2 rings (SSSR count). The Balaban J connectivity index is 2.24. The van der Waals surface area contributed by atoms with Crippen molar-refractivity contribution in [2.24, 2.45) is 5.73 Å². The third kappa shape index (κ3) is 3.46.